The number of anilines is 2. The van der Waals surface area contributed by atoms with Crippen LogP contribution < -0.4 is 26.8 Å². The summed E-state index contributed by atoms with van der Waals surface area (Å²) >= 11 is 0. The highest BCUT2D eigenvalue weighted by molar-refractivity contribution is 5.74. The second kappa shape index (κ2) is 15.0. The van der Waals surface area contributed by atoms with E-state index in [2.05, 4.69) is 61.5 Å². The Kier molecular flexibility index (Phi) is 11.5. The molecule has 0 saturated heterocycles. The zero-order chi connectivity index (χ0) is 33.9. The molecule has 8 atom stereocenters. The van der Waals surface area contributed by atoms with Gasteiger partial charge >= 0.3 is 6.09 Å². The van der Waals surface area contributed by atoms with Gasteiger partial charge in [0.2, 0.25) is 0 Å². The minimum Gasteiger partial charge on any atom is -0.446 e. The number of amides is 1. The number of carbonyl (C=O) groups is 1. The van der Waals surface area contributed by atoms with Crippen molar-refractivity contribution in [2.24, 2.45) is 46.3 Å². The van der Waals surface area contributed by atoms with Gasteiger partial charge in [0.25, 0.3) is 10.9 Å². The molecule has 0 heterocycles. The molecule has 8 heteroatoms. The molecule has 3 fully saturated rings. The lowest BCUT2D eigenvalue weighted by molar-refractivity contribution is -0.0581. The smallest absolute Gasteiger partial charge is 0.407 e. The average molecular weight is 653 g/mol. The first kappa shape index (κ1) is 35.9. The number of nitrogens with zero attached hydrogens (tertiary/aromatic N) is 1. The molecule has 4 aliphatic carbocycles. The largest absolute Gasteiger partial charge is 0.446 e. The van der Waals surface area contributed by atoms with Crippen molar-refractivity contribution in [1.82, 2.24) is 10.2 Å². The minimum absolute atomic E-state index is 0.0956. The Morgan fingerprint density at radius 2 is 1.64 bits per heavy atom. The summed E-state index contributed by atoms with van der Waals surface area (Å²) in [7, 11) is 4.00. The van der Waals surface area contributed by atoms with Crippen LogP contribution in [0.25, 0.3) is 0 Å². The van der Waals surface area contributed by atoms with Crippen molar-refractivity contribution in [1.29, 1.82) is 0 Å². The number of ether oxygens (including phenoxy) is 1. The normalized spacial score (nSPS) is 32.4. The Bertz CT molecular complexity index is 1330. The number of alkyl carbamates (subject to hydrolysis) is 1. The molecule has 0 radical (unpaired) electrons. The van der Waals surface area contributed by atoms with Gasteiger partial charge in [-0.25, -0.2) is 4.79 Å². The minimum atomic E-state index is -0.502. The molecule has 4 aliphatic rings. The Morgan fingerprint density at radius 3 is 2.34 bits per heavy atom. The van der Waals surface area contributed by atoms with Crippen LogP contribution >= 0.6 is 0 Å². The molecule has 47 heavy (non-hydrogen) atoms. The zero-order valence-electron chi connectivity index (χ0n) is 30.5. The lowest BCUT2D eigenvalue weighted by Gasteiger charge is -2.58. The first-order valence-corrected chi connectivity index (χ1v) is 18.9. The van der Waals surface area contributed by atoms with Gasteiger partial charge in [0, 0.05) is 26.1 Å². The maximum Gasteiger partial charge on any atom is 0.407 e. The molecular weight excluding hydrogens is 588 g/mol. The van der Waals surface area contributed by atoms with E-state index in [9.17, 15) is 14.4 Å². The highest BCUT2D eigenvalue weighted by atomic mass is 16.6. The molecule has 0 aromatic heterocycles. The third kappa shape index (κ3) is 7.63. The predicted octanol–water partition coefficient (Wildman–Crippen LogP) is 7.19. The molecule has 5 rings (SSSR count). The van der Waals surface area contributed by atoms with E-state index in [0.29, 0.717) is 36.4 Å². The van der Waals surface area contributed by atoms with Crippen LogP contribution in [0.15, 0.2) is 21.2 Å². The first-order chi connectivity index (χ1) is 22.3. The maximum atomic E-state index is 12.7. The summed E-state index contributed by atoms with van der Waals surface area (Å²) < 4.78 is 5.92. The van der Waals surface area contributed by atoms with Crippen LogP contribution in [0, 0.1) is 46.3 Å². The fourth-order valence-electron chi connectivity index (χ4n) is 10.6. The van der Waals surface area contributed by atoms with Crippen LogP contribution in [0.1, 0.15) is 112 Å². The second-order valence-electron chi connectivity index (χ2n) is 16.9. The maximum absolute atomic E-state index is 12.7. The predicted molar refractivity (Wildman–Crippen MR) is 193 cm³/mol. The molecule has 1 aromatic rings. The summed E-state index contributed by atoms with van der Waals surface area (Å²) in [5, 5.41) is 8.95. The zero-order valence-corrected chi connectivity index (χ0v) is 30.5. The summed E-state index contributed by atoms with van der Waals surface area (Å²) in [5.74, 6) is 4.91. The van der Waals surface area contributed by atoms with E-state index in [1.807, 2.05) is 14.1 Å². The van der Waals surface area contributed by atoms with Gasteiger partial charge in [0.1, 0.15) is 17.5 Å². The van der Waals surface area contributed by atoms with Crippen molar-refractivity contribution in [2.45, 2.75) is 118 Å². The summed E-state index contributed by atoms with van der Waals surface area (Å²) in [6.45, 7) is 14.6. The van der Waals surface area contributed by atoms with Crippen LogP contribution in [0.5, 0.6) is 0 Å². The molecule has 0 unspecified atom stereocenters. The summed E-state index contributed by atoms with van der Waals surface area (Å²) in [5.41, 5.74) is 1.94. The van der Waals surface area contributed by atoms with Gasteiger partial charge in [-0.05, 0) is 118 Å². The Morgan fingerprint density at radius 1 is 0.915 bits per heavy atom. The van der Waals surface area contributed by atoms with Gasteiger partial charge in [0.15, 0.2) is 0 Å². The SMILES string of the molecule is CC(C)CCC[C@@H](C)[C@H]1CC[C@H]2[C@@H]3CC=C4C[C@@H](OC(=O)NCCNc5c(NCCCN(C)C)c(=O)c5=O)CC[C@]4(C)[C@H]3CC[C@]12C. The van der Waals surface area contributed by atoms with Gasteiger partial charge < -0.3 is 25.6 Å². The lowest BCUT2D eigenvalue weighted by Crippen LogP contribution is -2.51. The van der Waals surface area contributed by atoms with Crippen molar-refractivity contribution >= 4 is 17.5 Å². The van der Waals surface area contributed by atoms with Gasteiger partial charge in [0.05, 0.1) is 0 Å². The molecule has 0 bridgehead atoms. The lowest BCUT2D eigenvalue weighted by atomic mass is 9.47. The fourth-order valence-corrected chi connectivity index (χ4v) is 10.6. The van der Waals surface area contributed by atoms with Crippen molar-refractivity contribution in [2.75, 3.05) is 50.9 Å². The third-order valence-electron chi connectivity index (χ3n) is 13.2. The highest BCUT2D eigenvalue weighted by Gasteiger charge is 2.59. The summed E-state index contributed by atoms with van der Waals surface area (Å²) in [4.78, 5) is 38.9. The first-order valence-electron chi connectivity index (χ1n) is 18.9. The highest BCUT2D eigenvalue weighted by Crippen LogP contribution is 2.67. The molecule has 1 amide bonds. The molecule has 1 aromatic carbocycles. The Labute approximate surface area is 283 Å². The number of fused-ring (bicyclic) bond motifs is 5. The van der Waals surface area contributed by atoms with E-state index in [4.69, 9.17) is 4.74 Å². The number of hydrogen-bond donors (Lipinski definition) is 3. The van der Waals surface area contributed by atoms with E-state index in [0.717, 1.165) is 67.7 Å². The number of hydrogen-bond acceptors (Lipinski definition) is 7. The van der Waals surface area contributed by atoms with E-state index in [1.54, 1.807) is 0 Å². The molecule has 3 saturated carbocycles. The van der Waals surface area contributed by atoms with Crippen LogP contribution in [0.2, 0.25) is 0 Å². The summed E-state index contributed by atoms with van der Waals surface area (Å²) in [6.07, 6.45) is 16.6. The van der Waals surface area contributed by atoms with Crippen LogP contribution in [0.3, 0.4) is 0 Å². The van der Waals surface area contributed by atoms with Gasteiger partial charge in [-0.1, -0.05) is 65.5 Å². The van der Waals surface area contributed by atoms with Gasteiger partial charge in [-0.3, -0.25) is 9.59 Å². The van der Waals surface area contributed by atoms with Gasteiger partial charge in [-0.2, -0.15) is 0 Å². The second-order valence-corrected chi connectivity index (χ2v) is 16.9. The Hall–Kier alpha value is -2.35. The van der Waals surface area contributed by atoms with Gasteiger partial charge in [-0.15, -0.1) is 0 Å². The van der Waals surface area contributed by atoms with Crippen LogP contribution in [-0.2, 0) is 4.74 Å². The third-order valence-corrected chi connectivity index (χ3v) is 13.2. The number of carbonyl (C=O) groups excluding carboxylic acids is 1. The van der Waals surface area contributed by atoms with E-state index >= 15 is 0 Å². The van der Waals surface area contributed by atoms with E-state index < -0.39 is 17.0 Å². The van der Waals surface area contributed by atoms with Crippen molar-refractivity contribution in [3.05, 3.63) is 32.1 Å². The Balaban J connectivity index is 1.08. The van der Waals surface area contributed by atoms with E-state index in [1.165, 1.54) is 56.9 Å². The standard InChI is InChI=1S/C39H64N4O4/c1-25(2)10-8-11-26(3)30-14-15-31-29-13-12-27-24-28(16-18-38(27,4)32(29)17-19-39(30,31)5)47-37(46)42-22-21-41-34-33(35(44)36(34)45)40-20-9-23-43(6)7/h12,25-26,28-32,40-41H,8-11,13-24H2,1-7H3,(H,42,46)/t26-,28+,29+,30-,31+,32+,38+,39-/m1/s1. The number of allylic oxidation sites excluding steroid dienone is 1. The van der Waals surface area contributed by atoms with Crippen molar-refractivity contribution in [3.63, 3.8) is 0 Å². The molecular formula is C39H64N4O4. The average Bonchev–Trinajstić information content (AvgIpc) is 3.38. The molecule has 0 aliphatic heterocycles. The molecule has 3 N–H and O–H groups in total. The fraction of sp³-hybridized carbons (Fsp3) is 0.821. The summed E-state index contributed by atoms with van der Waals surface area (Å²) in [6, 6.07) is 0. The molecule has 264 valence electrons. The number of rotatable bonds is 15. The number of nitrogens with one attached hydrogen (secondary N) is 3. The molecule has 0 spiro atoms. The topological polar surface area (TPSA) is 99.8 Å². The molecule has 8 nitrogen and oxygen atoms in total. The quantitative estimate of drug-likeness (QED) is 0.105. The van der Waals surface area contributed by atoms with E-state index in [-0.39, 0.29) is 11.5 Å². The van der Waals surface area contributed by atoms with Crippen molar-refractivity contribution < 1.29 is 9.53 Å². The van der Waals surface area contributed by atoms with Crippen LogP contribution in [-0.4, -0.2) is 57.4 Å². The van der Waals surface area contributed by atoms with Crippen LogP contribution in [0.4, 0.5) is 16.2 Å². The van der Waals surface area contributed by atoms with Crippen molar-refractivity contribution in [3.8, 4) is 0 Å². The monoisotopic (exact) mass is 652 g/mol.